The van der Waals surface area contributed by atoms with Crippen molar-refractivity contribution in [1.29, 1.82) is 0 Å². The van der Waals surface area contributed by atoms with Crippen molar-refractivity contribution < 1.29 is 54.6 Å². The molecular formula is C23H19F6N5O6. The van der Waals surface area contributed by atoms with Crippen molar-refractivity contribution in [1.82, 2.24) is 19.9 Å². The van der Waals surface area contributed by atoms with Crippen molar-refractivity contribution in [2.24, 2.45) is 0 Å². The molecule has 2 amide bonds. The number of hydrogen-bond donors (Lipinski definition) is 1. The fourth-order valence-corrected chi connectivity index (χ4v) is 3.62. The van der Waals surface area contributed by atoms with Gasteiger partial charge in [0.1, 0.15) is 11.9 Å². The van der Waals surface area contributed by atoms with E-state index in [1.54, 1.807) is 6.92 Å². The van der Waals surface area contributed by atoms with E-state index in [0.29, 0.717) is 13.0 Å². The molecule has 3 aromatic rings. The van der Waals surface area contributed by atoms with Gasteiger partial charge in [0.25, 0.3) is 5.91 Å². The van der Waals surface area contributed by atoms with Crippen LogP contribution in [-0.4, -0.2) is 64.0 Å². The Balaban J connectivity index is 1.49. The van der Waals surface area contributed by atoms with E-state index in [0.717, 1.165) is 30.6 Å². The van der Waals surface area contributed by atoms with Gasteiger partial charge in [-0.15, -0.1) is 13.2 Å². The van der Waals surface area contributed by atoms with Crippen LogP contribution in [0.1, 0.15) is 29.6 Å². The molecule has 0 aliphatic carbocycles. The molecule has 1 unspecified atom stereocenters. The van der Waals surface area contributed by atoms with E-state index in [1.807, 2.05) is 0 Å². The standard InChI is InChI=1S/C23H19F6N5O6/c1-2-37-21(36)34-8-7-13(11-34)38-20-30-9-12(10-31-20)32-18(35)16-17(22(24,25)26)39-19(33-16)14-5-3-4-6-15(14)40-23(27,28)29/h3-6,9-10,13H,2,7-8,11H2,1H3,(H,32,35). The molecule has 17 heteroatoms. The Bertz CT molecular complexity index is 1360. The largest absolute Gasteiger partial charge is 0.573 e. The van der Waals surface area contributed by atoms with Crippen LogP contribution in [0.4, 0.5) is 36.8 Å². The number of carbonyl (C=O) groups is 2. The minimum atomic E-state index is -5.22. The lowest BCUT2D eigenvalue weighted by Crippen LogP contribution is -2.31. The van der Waals surface area contributed by atoms with Gasteiger partial charge in [-0.2, -0.15) is 13.2 Å². The van der Waals surface area contributed by atoms with E-state index >= 15 is 0 Å². The lowest BCUT2D eigenvalue weighted by molar-refractivity contribution is -0.274. The van der Waals surface area contributed by atoms with E-state index in [4.69, 9.17) is 9.47 Å². The van der Waals surface area contributed by atoms with E-state index in [-0.39, 0.29) is 24.8 Å². The van der Waals surface area contributed by atoms with E-state index in [2.05, 4.69) is 29.4 Å². The molecule has 40 heavy (non-hydrogen) atoms. The first kappa shape index (κ1) is 28.4. The summed E-state index contributed by atoms with van der Waals surface area (Å²) in [5, 5.41) is 2.12. The molecule has 3 heterocycles. The Labute approximate surface area is 221 Å². The average Bonchev–Trinajstić information content (AvgIpc) is 3.53. The number of para-hydroxylation sites is 1. The number of oxazole rings is 1. The van der Waals surface area contributed by atoms with Gasteiger partial charge in [-0.25, -0.2) is 19.7 Å². The summed E-state index contributed by atoms with van der Waals surface area (Å²) in [6.07, 6.45) is -8.70. The zero-order valence-electron chi connectivity index (χ0n) is 20.4. The number of benzene rings is 1. The van der Waals surface area contributed by atoms with Crippen LogP contribution in [-0.2, 0) is 10.9 Å². The van der Waals surface area contributed by atoms with Crippen LogP contribution < -0.4 is 14.8 Å². The molecule has 1 N–H and O–H groups in total. The predicted molar refractivity (Wildman–Crippen MR) is 121 cm³/mol. The fourth-order valence-electron chi connectivity index (χ4n) is 3.62. The normalized spacial score (nSPS) is 15.6. The smallest absolute Gasteiger partial charge is 0.458 e. The molecule has 1 atom stereocenters. The summed E-state index contributed by atoms with van der Waals surface area (Å²) in [6, 6.07) is 4.09. The van der Waals surface area contributed by atoms with Crippen LogP contribution in [0.15, 0.2) is 41.1 Å². The van der Waals surface area contributed by atoms with Gasteiger partial charge in [0.2, 0.25) is 11.7 Å². The zero-order chi connectivity index (χ0) is 29.1. The molecule has 1 fully saturated rings. The van der Waals surface area contributed by atoms with Gasteiger partial charge in [0.05, 0.1) is 36.8 Å². The first-order valence-electron chi connectivity index (χ1n) is 11.5. The van der Waals surface area contributed by atoms with Gasteiger partial charge >= 0.3 is 24.6 Å². The number of halogens is 6. The molecule has 214 valence electrons. The highest BCUT2D eigenvalue weighted by atomic mass is 19.4. The number of likely N-dealkylation sites (tertiary alicyclic amines) is 1. The van der Waals surface area contributed by atoms with Crippen molar-refractivity contribution in [2.75, 3.05) is 25.0 Å². The Morgan fingerprint density at radius 3 is 2.48 bits per heavy atom. The number of nitrogens with zero attached hydrogens (tertiary/aromatic N) is 4. The predicted octanol–water partition coefficient (Wildman–Crippen LogP) is 4.91. The maximum absolute atomic E-state index is 13.6. The van der Waals surface area contributed by atoms with Gasteiger partial charge in [-0.3, -0.25) is 4.79 Å². The summed E-state index contributed by atoms with van der Waals surface area (Å²) in [4.78, 5) is 37.2. The minimum absolute atomic E-state index is 0.116. The minimum Gasteiger partial charge on any atom is -0.458 e. The topological polar surface area (TPSA) is 129 Å². The van der Waals surface area contributed by atoms with Gasteiger partial charge in [-0.05, 0) is 19.1 Å². The number of hydrogen-bond acceptors (Lipinski definition) is 9. The monoisotopic (exact) mass is 575 g/mol. The van der Waals surface area contributed by atoms with Gasteiger partial charge in [0.15, 0.2) is 5.69 Å². The molecule has 0 saturated carbocycles. The number of aromatic nitrogens is 3. The van der Waals surface area contributed by atoms with E-state index < -0.39 is 59.3 Å². The summed E-state index contributed by atoms with van der Waals surface area (Å²) in [5.74, 6) is -5.04. The average molecular weight is 575 g/mol. The van der Waals surface area contributed by atoms with Gasteiger partial charge < -0.3 is 28.8 Å². The van der Waals surface area contributed by atoms with Crippen LogP contribution in [0.2, 0.25) is 0 Å². The molecule has 2 aromatic heterocycles. The molecular weight excluding hydrogens is 556 g/mol. The third-order valence-electron chi connectivity index (χ3n) is 5.27. The molecule has 1 saturated heterocycles. The second-order valence-electron chi connectivity index (χ2n) is 8.12. The number of carbonyl (C=O) groups excluding carboxylic acids is 2. The third kappa shape index (κ3) is 6.89. The summed E-state index contributed by atoms with van der Waals surface area (Å²) in [6.45, 7) is 2.52. The molecule has 0 radical (unpaired) electrons. The molecule has 0 spiro atoms. The highest BCUT2D eigenvalue weighted by Crippen LogP contribution is 2.39. The fraction of sp³-hybridized carbons (Fsp3) is 0.348. The van der Waals surface area contributed by atoms with Crippen LogP contribution in [0, 0.1) is 0 Å². The van der Waals surface area contributed by atoms with Crippen molar-refractivity contribution in [3.05, 3.63) is 48.1 Å². The summed E-state index contributed by atoms with van der Waals surface area (Å²) in [5.41, 5.74) is -1.95. The molecule has 11 nitrogen and oxygen atoms in total. The van der Waals surface area contributed by atoms with Crippen molar-refractivity contribution in [3.8, 4) is 23.2 Å². The van der Waals surface area contributed by atoms with Gasteiger partial charge in [0, 0.05) is 13.0 Å². The number of nitrogens with one attached hydrogen (secondary N) is 1. The van der Waals surface area contributed by atoms with E-state index in [1.165, 1.54) is 11.0 Å². The summed E-state index contributed by atoms with van der Waals surface area (Å²) < 4.78 is 98.1. The number of alkyl halides is 6. The molecule has 1 aliphatic heterocycles. The lowest BCUT2D eigenvalue weighted by atomic mass is 10.2. The quantitative estimate of drug-likeness (QED) is 0.391. The number of amides is 2. The van der Waals surface area contributed by atoms with Crippen molar-refractivity contribution >= 4 is 17.7 Å². The molecule has 0 bridgehead atoms. The maximum Gasteiger partial charge on any atom is 0.573 e. The zero-order valence-corrected chi connectivity index (χ0v) is 20.4. The molecule has 1 aliphatic rings. The SMILES string of the molecule is CCOC(=O)N1CCC(Oc2ncc(NC(=O)c3nc(-c4ccccc4OC(F)(F)F)oc3C(F)(F)F)cn2)C1. The van der Waals surface area contributed by atoms with Crippen LogP contribution in [0.25, 0.3) is 11.5 Å². The highest BCUT2D eigenvalue weighted by Gasteiger charge is 2.42. The second-order valence-corrected chi connectivity index (χ2v) is 8.12. The number of anilines is 1. The van der Waals surface area contributed by atoms with Crippen molar-refractivity contribution in [2.45, 2.75) is 32.0 Å². The lowest BCUT2D eigenvalue weighted by Gasteiger charge is -2.15. The van der Waals surface area contributed by atoms with E-state index in [9.17, 15) is 35.9 Å². The number of rotatable bonds is 7. The highest BCUT2D eigenvalue weighted by molar-refractivity contribution is 6.03. The third-order valence-corrected chi connectivity index (χ3v) is 5.27. The Morgan fingerprint density at radius 1 is 1.12 bits per heavy atom. The Kier molecular flexibility index (Phi) is 8.01. The van der Waals surface area contributed by atoms with Crippen molar-refractivity contribution in [3.63, 3.8) is 0 Å². The number of ether oxygens (including phenoxy) is 3. The summed E-state index contributed by atoms with van der Waals surface area (Å²) in [7, 11) is 0. The van der Waals surface area contributed by atoms with Crippen LogP contribution in [0.3, 0.4) is 0 Å². The second kappa shape index (κ2) is 11.3. The van der Waals surface area contributed by atoms with Crippen LogP contribution >= 0.6 is 0 Å². The molecule has 1 aromatic carbocycles. The van der Waals surface area contributed by atoms with Gasteiger partial charge in [-0.1, -0.05) is 12.1 Å². The first-order valence-corrected chi connectivity index (χ1v) is 11.5. The first-order chi connectivity index (χ1) is 18.8. The maximum atomic E-state index is 13.6. The van der Waals surface area contributed by atoms with Crippen LogP contribution in [0.5, 0.6) is 11.8 Å². The summed E-state index contributed by atoms with van der Waals surface area (Å²) >= 11 is 0. The molecule has 4 rings (SSSR count). The Hall–Kier alpha value is -4.57. The Morgan fingerprint density at radius 2 is 1.82 bits per heavy atom.